The molecule has 0 aliphatic heterocycles. The van der Waals surface area contributed by atoms with Crippen molar-refractivity contribution in [2.45, 2.75) is 65.2 Å². The molecule has 3 nitrogen and oxygen atoms in total. The summed E-state index contributed by atoms with van der Waals surface area (Å²) in [5, 5.41) is 0. The van der Waals surface area contributed by atoms with Crippen LogP contribution in [0, 0.1) is 0 Å². The van der Waals surface area contributed by atoms with Crippen molar-refractivity contribution >= 4 is 23.3 Å². The average Bonchev–Trinajstić information content (AvgIpc) is 2.97. The zero-order valence-corrected chi connectivity index (χ0v) is 21.2. The van der Waals surface area contributed by atoms with E-state index in [1.54, 1.807) is 24.3 Å². The number of allylic oxidation sites excluding steroid dienone is 1. The molecule has 0 bridgehead atoms. The number of aryl methyl sites for hydroxylation is 1. The van der Waals surface area contributed by atoms with Gasteiger partial charge in [-0.3, -0.25) is 0 Å². The maximum Gasteiger partial charge on any atom is 0.343 e. The number of esters is 1. The molecule has 0 fully saturated rings. The number of benzene rings is 3. The highest BCUT2D eigenvalue weighted by Gasteiger charge is 2.42. The molecule has 0 spiro atoms. The second-order valence-corrected chi connectivity index (χ2v) is 10.8. The van der Waals surface area contributed by atoms with Crippen LogP contribution in [0.15, 0.2) is 60.7 Å². The van der Waals surface area contributed by atoms with E-state index in [4.69, 9.17) is 10.5 Å². The Kier molecular flexibility index (Phi) is 6.16. The van der Waals surface area contributed by atoms with Crippen molar-refractivity contribution in [2.24, 2.45) is 0 Å². The lowest BCUT2D eigenvalue weighted by Gasteiger charge is -2.22. The largest absolute Gasteiger partial charge is 0.423 e. The first-order valence-electron chi connectivity index (χ1n) is 12.0. The van der Waals surface area contributed by atoms with Crippen molar-refractivity contribution in [1.29, 1.82) is 0 Å². The van der Waals surface area contributed by atoms with Gasteiger partial charge < -0.3 is 10.5 Å². The molecule has 0 aromatic heterocycles. The molecule has 0 unspecified atom stereocenters. The van der Waals surface area contributed by atoms with E-state index in [0.29, 0.717) is 17.0 Å². The fourth-order valence-electron chi connectivity index (χ4n) is 5.46. The van der Waals surface area contributed by atoms with Gasteiger partial charge in [-0.15, -0.1) is 0 Å². The van der Waals surface area contributed by atoms with E-state index in [2.05, 4.69) is 59.8 Å². The molecule has 0 saturated carbocycles. The Hall–Kier alpha value is -3.33. The molecule has 3 aromatic carbocycles. The lowest BCUT2D eigenvalue weighted by molar-refractivity contribution is 0.0735. The minimum atomic E-state index is -0.381. The number of fused-ring (bicyclic) bond motifs is 1. The zero-order chi connectivity index (χ0) is 24.7. The molecule has 0 radical (unpaired) electrons. The van der Waals surface area contributed by atoms with E-state index in [1.165, 1.54) is 34.2 Å². The zero-order valence-electron chi connectivity index (χ0n) is 21.2. The molecule has 2 N–H and O–H groups in total. The molecular weight excluding hydrogens is 418 g/mol. The van der Waals surface area contributed by atoms with Crippen LogP contribution in [-0.4, -0.2) is 5.97 Å². The summed E-state index contributed by atoms with van der Waals surface area (Å²) in [6, 6.07) is 19.2. The third kappa shape index (κ3) is 4.65. The summed E-state index contributed by atoms with van der Waals surface area (Å²) in [5.74, 6) is 0.0996. The molecular formula is C31H35NO2. The first-order chi connectivity index (χ1) is 16.0. The fraction of sp³-hybridized carbons (Fsp3) is 0.323. The van der Waals surface area contributed by atoms with Crippen molar-refractivity contribution < 1.29 is 9.53 Å². The van der Waals surface area contributed by atoms with Gasteiger partial charge in [-0.1, -0.05) is 65.0 Å². The number of hydrogen-bond donors (Lipinski definition) is 1. The Labute approximate surface area is 203 Å². The Morgan fingerprint density at radius 3 is 2.12 bits per heavy atom. The predicted octanol–water partition coefficient (Wildman–Crippen LogP) is 7.57. The normalized spacial score (nSPS) is 16.2. The molecule has 34 heavy (non-hydrogen) atoms. The van der Waals surface area contributed by atoms with Gasteiger partial charge in [0.1, 0.15) is 5.75 Å². The van der Waals surface area contributed by atoms with Crippen molar-refractivity contribution in [3.63, 3.8) is 0 Å². The van der Waals surface area contributed by atoms with E-state index < -0.39 is 0 Å². The molecule has 0 amide bonds. The van der Waals surface area contributed by atoms with Gasteiger partial charge in [-0.2, -0.15) is 0 Å². The predicted molar refractivity (Wildman–Crippen MR) is 142 cm³/mol. The molecule has 1 aliphatic carbocycles. The van der Waals surface area contributed by atoms with Crippen LogP contribution in [0.4, 0.5) is 5.69 Å². The van der Waals surface area contributed by atoms with Crippen LogP contribution in [-0.2, 0) is 17.3 Å². The van der Waals surface area contributed by atoms with Gasteiger partial charge in [-0.25, -0.2) is 4.79 Å². The second kappa shape index (κ2) is 8.79. The Morgan fingerprint density at radius 1 is 0.941 bits per heavy atom. The molecule has 3 heteroatoms. The summed E-state index contributed by atoms with van der Waals surface area (Å²) >= 11 is 0. The maximum absolute atomic E-state index is 12.5. The number of hydrogen-bond acceptors (Lipinski definition) is 3. The van der Waals surface area contributed by atoms with Crippen LogP contribution in [0.1, 0.15) is 86.1 Å². The highest BCUT2D eigenvalue weighted by Crippen LogP contribution is 2.50. The van der Waals surface area contributed by atoms with Crippen LogP contribution in [0.3, 0.4) is 0 Å². The number of anilines is 1. The van der Waals surface area contributed by atoms with E-state index >= 15 is 0 Å². The molecule has 4 rings (SSSR count). The van der Waals surface area contributed by atoms with Crippen molar-refractivity contribution in [2.75, 3.05) is 5.73 Å². The lowest BCUT2D eigenvalue weighted by atomic mass is 9.82. The fourth-order valence-corrected chi connectivity index (χ4v) is 5.46. The van der Waals surface area contributed by atoms with Gasteiger partial charge in [0, 0.05) is 5.69 Å². The van der Waals surface area contributed by atoms with Crippen molar-refractivity contribution in [1.82, 2.24) is 0 Å². The summed E-state index contributed by atoms with van der Waals surface area (Å²) in [7, 11) is 0. The van der Waals surface area contributed by atoms with Gasteiger partial charge in [0.2, 0.25) is 0 Å². The number of nitrogens with two attached hydrogens (primary N) is 1. The van der Waals surface area contributed by atoms with E-state index in [0.717, 1.165) is 12.0 Å². The van der Waals surface area contributed by atoms with Crippen LogP contribution < -0.4 is 10.5 Å². The Morgan fingerprint density at radius 2 is 1.53 bits per heavy atom. The second-order valence-electron chi connectivity index (χ2n) is 10.8. The monoisotopic (exact) mass is 453 g/mol. The number of carbonyl (C=O) groups excluding carboxylic acids is 1. The summed E-state index contributed by atoms with van der Waals surface area (Å²) in [6.07, 6.45) is 4.36. The minimum absolute atomic E-state index is 0.173. The first kappa shape index (κ1) is 23.8. The topological polar surface area (TPSA) is 52.3 Å². The van der Waals surface area contributed by atoms with Gasteiger partial charge in [-0.05, 0) is 100 Å². The molecule has 3 aromatic rings. The molecule has 0 atom stereocenters. The number of carbonyl (C=O) groups is 1. The minimum Gasteiger partial charge on any atom is -0.423 e. The van der Waals surface area contributed by atoms with Gasteiger partial charge in [0.15, 0.2) is 0 Å². The molecule has 1 aliphatic rings. The van der Waals surface area contributed by atoms with E-state index in [1.807, 2.05) is 24.3 Å². The van der Waals surface area contributed by atoms with E-state index in [-0.39, 0.29) is 16.8 Å². The van der Waals surface area contributed by atoms with Gasteiger partial charge in [0.25, 0.3) is 0 Å². The summed E-state index contributed by atoms with van der Waals surface area (Å²) in [6.45, 7) is 13.9. The summed E-state index contributed by atoms with van der Waals surface area (Å²) in [4.78, 5) is 12.5. The van der Waals surface area contributed by atoms with Gasteiger partial charge >= 0.3 is 5.97 Å². The Bertz CT molecular complexity index is 1250. The third-order valence-corrected chi connectivity index (χ3v) is 7.01. The number of ether oxygens (including phenoxy) is 1. The first-order valence-corrected chi connectivity index (χ1v) is 12.0. The van der Waals surface area contributed by atoms with Crippen LogP contribution in [0.5, 0.6) is 5.75 Å². The van der Waals surface area contributed by atoms with Crippen LogP contribution in [0.2, 0.25) is 0 Å². The Balaban J connectivity index is 1.59. The highest BCUT2D eigenvalue weighted by molar-refractivity contribution is 5.91. The standard InChI is InChI=1S/C31H35NO2/c1-7-22-17-27-28(31(5,6)19-30(27,3)4)18-26(22)20(2)16-21-8-10-23(11-9-21)29(33)34-25-14-12-24(32)13-15-25/h8-18H,7,19,32H2,1-6H3. The third-order valence-electron chi connectivity index (χ3n) is 7.01. The number of nitrogen functional groups attached to an aromatic ring is 1. The quantitative estimate of drug-likeness (QED) is 0.188. The summed E-state index contributed by atoms with van der Waals surface area (Å²) in [5.41, 5.74) is 15.2. The average molecular weight is 454 g/mol. The van der Waals surface area contributed by atoms with E-state index in [9.17, 15) is 4.79 Å². The smallest absolute Gasteiger partial charge is 0.343 e. The molecule has 0 saturated heterocycles. The van der Waals surface area contributed by atoms with Gasteiger partial charge in [0.05, 0.1) is 5.56 Å². The lowest BCUT2D eigenvalue weighted by Crippen LogP contribution is -2.18. The maximum atomic E-state index is 12.5. The van der Waals surface area contributed by atoms with Crippen molar-refractivity contribution in [3.05, 3.63) is 94.0 Å². The molecule has 176 valence electrons. The summed E-state index contributed by atoms with van der Waals surface area (Å²) < 4.78 is 5.44. The van der Waals surface area contributed by atoms with Crippen molar-refractivity contribution in [3.8, 4) is 5.75 Å². The van der Waals surface area contributed by atoms with Crippen LogP contribution >= 0.6 is 0 Å². The van der Waals surface area contributed by atoms with Crippen LogP contribution in [0.25, 0.3) is 11.6 Å². The molecule has 0 heterocycles. The number of rotatable bonds is 5. The SMILES string of the molecule is CCc1cc2c(cc1C(C)=Cc1ccc(C(=O)Oc3ccc(N)cc3)cc1)C(C)(C)CC2(C)C. The highest BCUT2D eigenvalue weighted by atomic mass is 16.5.